The van der Waals surface area contributed by atoms with Crippen molar-refractivity contribution < 1.29 is 18.7 Å². The molecule has 1 aromatic heterocycles. The highest BCUT2D eigenvalue weighted by molar-refractivity contribution is 5.77. The van der Waals surface area contributed by atoms with Gasteiger partial charge in [0.1, 0.15) is 12.4 Å². The van der Waals surface area contributed by atoms with Crippen LogP contribution in [0.15, 0.2) is 22.8 Å². The number of carbonyl (C=O) groups excluding carboxylic acids is 2. The standard InChI is InChI=1S/C14H23N3O4/c1-17(2)13(18)6-8-16-14(19)15-7-4-9-20-11-12-5-3-10-21-12/h3,5,10H,4,6-9,11H2,1-2H3,(H2,15,16,19). The summed E-state index contributed by atoms with van der Waals surface area (Å²) in [7, 11) is 3.37. The normalized spacial score (nSPS) is 10.2. The number of hydrogen-bond acceptors (Lipinski definition) is 4. The van der Waals surface area contributed by atoms with Crippen LogP contribution in [0, 0.1) is 0 Å². The number of carbonyl (C=O) groups is 2. The van der Waals surface area contributed by atoms with Gasteiger partial charge in [-0.25, -0.2) is 4.79 Å². The van der Waals surface area contributed by atoms with Gasteiger partial charge in [-0.05, 0) is 18.6 Å². The minimum absolute atomic E-state index is 0.0124. The summed E-state index contributed by atoms with van der Waals surface area (Å²) < 4.78 is 10.5. The Morgan fingerprint density at radius 1 is 1.29 bits per heavy atom. The fourth-order valence-corrected chi connectivity index (χ4v) is 1.51. The van der Waals surface area contributed by atoms with Crippen LogP contribution in [0.3, 0.4) is 0 Å². The van der Waals surface area contributed by atoms with Crippen LogP contribution in [0.25, 0.3) is 0 Å². The van der Waals surface area contributed by atoms with E-state index < -0.39 is 0 Å². The van der Waals surface area contributed by atoms with Gasteiger partial charge in [0.15, 0.2) is 0 Å². The van der Waals surface area contributed by atoms with Crippen LogP contribution in [0.2, 0.25) is 0 Å². The monoisotopic (exact) mass is 297 g/mol. The third-order valence-corrected chi connectivity index (χ3v) is 2.70. The lowest BCUT2D eigenvalue weighted by atomic mass is 10.4. The van der Waals surface area contributed by atoms with E-state index in [9.17, 15) is 9.59 Å². The number of ether oxygens (including phenoxy) is 1. The Kier molecular flexibility index (Phi) is 7.96. The lowest BCUT2D eigenvalue weighted by Gasteiger charge is -2.11. The Morgan fingerprint density at radius 2 is 2.05 bits per heavy atom. The smallest absolute Gasteiger partial charge is 0.314 e. The lowest BCUT2D eigenvalue weighted by molar-refractivity contribution is -0.128. The first-order valence-corrected chi connectivity index (χ1v) is 6.91. The zero-order chi connectivity index (χ0) is 15.5. The van der Waals surface area contributed by atoms with Crippen LogP contribution >= 0.6 is 0 Å². The number of nitrogens with zero attached hydrogens (tertiary/aromatic N) is 1. The van der Waals surface area contributed by atoms with Gasteiger partial charge in [-0.1, -0.05) is 0 Å². The average molecular weight is 297 g/mol. The first-order chi connectivity index (χ1) is 10.1. The van der Waals surface area contributed by atoms with Crippen LogP contribution in [0.5, 0.6) is 0 Å². The number of furan rings is 1. The number of nitrogens with one attached hydrogen (secondary N) is 2. The molecule has 1 aromatic rings. The van der Waals surface area contributed by atoms with E-state index in [1.807, 2.05) is 12.1 Å². The second kappa shape index (κ2) is 9.82. The highest BCUT2D eigenvalue weighted by atomic mass is 16.5. The van der Waals surface area contributed by atoms with Crippen LogP contribution < -0.4 is 10.6 Å². The molecule has 0 saturated carbocycles. The summed E-state index contributed by atoms with van der Waals surface area (Å²) in [5, 5.41) is 5.33. The van der Waals surface area contributed by atoms with Crippen molar-refractivity contribution in [1.29, 1.82) is 0 Å². The molecule has 7 heteroatoms. The zero-order valence-corrected chi connectivity index (χ0v) is 12.6. The van der Waals surface area contributed by atoms with Gasteiger partial charge in [0.2, 0.25) is 5.91 Å². The van der Waals surface area contributed by atoms with E-state index in [0.29, 0.717) is 39.1 Å². The molecule has 0 spiro atoms. The highest BCUT2D eigenvalue weighted by Gasteiger charge is 2.04. The van der Waals surface area contributed by atoms with Crippen LogP contribution in [0.4, 0.5) is 4.79 Å². The van der Waals surface area contributed by atoms with Crippen molar-refractivity contribution in [3.05, 3.63) is 24.2 Å². The summed E-state index contributed by atoms with van der Waals surface area (Å²) in [5.41, 5.74) is 0. The van der Waals surface area contributed by atoms with Crippen molar-refractivity contribution >= 4 is 11.9 Å². The first-order valence-electron chi connectivity index (χ1n) is 6.91. The van der Waals surface area contributed by atoms with Crippen LogP contribution in [0.1, 0.15) is 18.6 Å². The van der Waals surface area contributed by atoms with E-state index in [4.69, 9.17) is 9.15 Å². The quantitative estimate of drug-likeness (QED) is 0.665. The summed E-state index contributed by atoms with van der Waals surface area (Å²) in [6, 6.07) is 3.39. The third kappa shape index (κ3) is 7.98. The summed E-state index contributed by atoms with van der Waals surface area (Å²) in [6.45, 7) is 1.83. The number of hydrogen-bond donors (Lipinski definition) is 2. The molecule has 7 nitrogen and oxygen atoms in total. The molecule has 1 rings (SSSR count). The molecule has 0 aromatic carbocycles. The zero-order valence-electron chi connectivity index (χ0n) is 12.6. The van der Waals surface area contributed by atoms with E-state index in [2.05, 4.69) is 10.6 Å². The molecule has 0 fully saturated rings. The lowest BCUT2D eigenvalue weighted by Crippen LogP contribution is -2.38. The average Bonchev–Trinajstić information content (AvgIpc) is 2.95. The molecule has 1 heterocycles. The molecule has 3 amide bonds. The highest BCUT2D eigenvalue weighted by Crippen LogP contribution is 2.01. The minimum atomic E-state index is -0.271. The molecule has 21 heavy (non-hydrogen) atoms. The summed E-state index contributed by atoms with van der Waals surface area (Å²) >= 11 is 0. The van der Waals surface area contributed by atoms with Crippen molar-refractivity contribution in [3.8, 4) is 0 Å². The maximum atomic E-state index is 11.4. The van der Waals surface area contributed by atoms with Crippen molar-refractivity contribution in [2.24, 2.45) is 0 Å². The summed E-state index contributed by atoms with van der Waals surface area (Å²) in [5.74, 6) is 0.771. The fraction of sp³-hybridized carbons (Fsp3) is 0.571. The molecule has 0 aliphatic heterocycles. The van der Waals surface area contributed by atoms with Gasteiger partial charge in [0, 0.05) is 40.2 Å². The molecule has 0 saturated heterocycles. The van der Waals surface area contributed by atoms with Gasteiger partial charge in [0.25, 0.3) is 0 Å². The topological polar surface area (TPSA) is 83.8 Å². The Balaban J connectivity index is 1.92. The molecule has 0 aliphatic carbocycles. The first kappa shape index (κ1) is 17.0. The van der Waals surface area contributed by atoms with E-state index >= 15 is 0 Å². The summed E-state index contributed by atoms with van der Waals surface area (Å²) in [4.78, 5) is 24.2. The molecular formula is C14H23N3O4. The van der Waals surface area contributed by atoms with Crippen molar-refractivity contribution in [2.75, 3.05) is 33.8 Å². The van der Waals surface area contributed by atoms with Gasteiger partial charge in [-0.2, -0.15) is 0 Å². The van der Waals surface area contributed by atoms with Crippen molar-refractivity contribution in [2.45, 2.75) is 19.4 Å². The van der Waals surface area contributed by atoms with Gasteiger partial charge < -0.3 is 24.7 Å². The Labute approximate surface area is 124 Å². The number of amides is 3. The van der Waals surface area contributed by atoms with E-state index in [-0.39, 0.29) is 11.9 Å². The van der Waals surface area contributed by atoms with Gasteiger partial charge >= 0.3 is 6.03 Å². The SMILES string of the molecule is CN(C)C(=O)CCNC(=O)NCCCOCc1ccco1. The van der Waals surface area contributed by atoms with Gasteiger partial charge in [-0.15, -0.1) is 0 Å². The number of rotatable bonds is 9. The molecule has 0 aliphatic rings. The second-order valence-electron chi connectivity index (χ2n) is 4.71. The van der Waals surface area contributed by atoms with Crippen molar-refractivity contribution in [1.82, 2.24) is 15.5 Å². The predicted molar refractivity (Wildman–Crippen MR) is 77.7 cm³/mol. The van der Waals surface area contributed by atoms with Crippen LogP contribution in [-0.4, -0.2) is 50.6 Å². The minimum Gasteiger partial charge on any atom is -0.467 e. The largest absolute Gasteiger partial charge is 0.467 e. The molecule has 0 bridgehead atoms. The van der Waals surface area contributed by atoms with Crippen LogP contribution in [-0.2, 0) is 16.1 Å². The Hall–Kier alpha value is -2.02. The second-order valence-corrected chi connectivity index (χ2v) is 4.71. The molecule has 2 N–H and O–H groups in total. The molecule has 0 radical (unpaired) electrons. The molecule has 0 atom stereocenters. The van der Waals surface area contributed by atoms with Gasteiger partial charge in [0.05, 0.1) is 6.26 Å². The summed E-state index contributed by atoms with van der Waals surface area (Å²) in [6.07, 6.45) is 2.61. The molecular weight excluding hydrogens is 274 g/mol. The maximum absolute atomic E-state index is 11.4. The van der Waals surface area contributed by atoms with E-state index in [1.54, 1.807) is 20.4 Å². The van der Waals surface area contributed by atoms with E-state index in [0.717, 1.165) is 5.76 Å². The Bertz CT molecular complexity index is 418. The molecule has 118 valence electrons. The third-order valence-electron chi connectivity index (χ3n) is 2.70. The number of urea groups is 1. The van der Waals surface area contributed by atoms with E-state index in [1.165, 1.54) is 4.90 Å². The molecule has 0 unspecified atom stereocenters. The fourth-order valence-electron chi connectivity index (χ4n) is 1.51. The Morgan fingerprint density at radius 3 is 2.71 bits per heavy atom. The maximum Gasteiger partial charge on any atom is 0.314 e. The van der Waals surface area contributed by atoms with Gasteiger partial charge in [-0.3, -0.25) is 4.79 Å². The predicted octanol–water partition coefficient (Wildman–Crippen LogP) is 0.964. The van der Waals surface area contributed by atoms with Crippen molar-refractivity contribution in [3.63, 3.8) is 0 Å².